The SMILES string of the molecule is C=C1CN[C@@H](C)COc2ccccc2CC(C)CNC(=O)C(CNC)NC(=O)CN1. The van der Waals surface area contributed by atoms with Crippen molar-refractivity contribution in [1.82, 2.24) is 26.6 Å². The molecule has 8 heteroatoms. The van der Waals surface area contributed by atoms with Gasteiger partial charge < -0.3 is 31.3 Å². The van der Waals surface area contributed by atoms with Crippen LogP contribution in [0.1, 0.15) is 19.4 Å². The summed E-state index contributed by atoms with van der Waals surface area (Å²) in [6, 6.07) is 7.46. The fourth-order valence-electron chi connectivity index (χ4n) is 3.16. The van der Waals surface area contributed by atoms with Crippen LogP contribution in [0.15, 0.2) is 36.5 Å². The van der Waals surface area contributed by atoms with E-state index in [1.54, 1.807) is 7.05 Å². The van der Waals surface area contributed by atoms with Gasteiger partial charge in [0.05, 0.1) is 6.54 Å². The van der Waals surface area contributed by atoms with Crippen LogP contribution in [0.5, 0.6) is 5.75 Å². The molecule has 0 aliphatic carbocycles. The largest absolute Gasteiger partial charge is 0.492 e. The average molecular weight is 418 g/mol. The number of nitrogens with one attached hydrogen (secondary N) is 5. The number of para-hydroxylation sites is 1. The lowest BCUT2D eigenvalue weighted by Crippen LogP contribution is -2.53. The minimum atomic E-state index is -0.641. The zero-order valence-corrected chi connectivity index (χ0v) is 18.2. The highest BCUT2D eigenvalue weighted by Crippen LogP contribution is 2.21. The maximum absolute atomic E-state index is 12.6. The summed E-state index contributed by atoms with van der Waals surface area (Å²) in [5, 5.41) is 15.0. The van der Waals surface area contributed by atoms with E-state index in [1.807, 2.05) is 25.1 Å². The molecule has 0 saturated carbocycles. The molecule has 2 amide bonds. The van der Waals surface area contributed by atoms with Crippen LogP contribution in [-0.4, -0.2) is 63.7 Å². The van der Waals surface area contributed by atoms with Crippen LogP contribution in [0, 0.1) is 5.92 Å². The van der Waals surface area contributed by atoms with E-state index in [9.17, 15) is 9.59 Å². The molecule has 30 heavy (non-hydrogen) atoms. The van der Waals surface area contributed by atoms with Gasteiger partial charge in [0.1, 0.15) is 18.4 Å². The van der Waals surface area contributed by atoms with E-state index in [0.717, 1.165) is 17.7 Å². The molecule has 0 radical (unpaired) electrons. The molecule has 166 valence electrons. The summed E-state index contributed by atoms with van der Waals surface area (Å²) in [4.78, 5) is 24.9. The third kappa shape index (κ3) is 8.04. The Bertz CT molecular complexity index is 724. The van der Waals surface area contributed by atoms with Crippen molar-refractivity contribution < 1.29 is 14.3 Å². The van der Waals surface area contributed by atoms with E-state index in [0.29, 0.717) is 31.9 Å². The molecular weight excluding hydrogens is 382 g/mol. The molecule has 0 spiro atoms. The van der Waals surface area contributed by atoms with Crippen LogP contribution in [0.3, 0.4) is 0 Å². The van der Waals surface area contributed by atoms with Gasteiger partial charge in [-0.2, -0.15) is 0 Å². The summed E-state index contributed by atoms with van der Waals surface area (Å²) >= 11 is 0. The van der Waals surface area contributed by atoms with Gasteiger partial charge in [-0.15, -0.1) is 0 Å². The lowest BCUT2D eigenvalue weighted by molar-refractivity contribution is -0.128. The normalized spacial score (nSPS) is 24.9. The summed E-state index contributed by atoms with van der Waals surface area (Å²) in [6.07, 6.45) is 0.780. The van der Waals surface area contributed by atoms with E-state index in [-0.39, 0.29) is 30.3 Å². The van der Waals surface area contributed by atoms with Gasteiger partial charge in [0, 0.05) is 31.4 Å². The molecule has 1 aliphatic rings. The molecule has 1 aromatic rings. The number of ether oxygens (including phenoxy) is 1. The summed E-state index contributed by atoms with van der Waals surface area (Å²) in [6.45, 7) is 10.0. The van der Waals surface area contributed by atoms with Crippen LogP contribution >= 0.6 is 0 Å². The lowest BCUT2D eigenvalue weighted by atomic mass is 10.00. The molecule has 0 bridgehead atoms. The maximum Gasteiger partial charge on any atom is 0.243 e. The molecule has 0 fully saturated rings. The zero-order valence-electron chi connectivity index (χ0n) is 18.2. The fraction of sp³-hybridized carbons (Fsp3) is 0.545. The minimum Gasteiger partial charge on any atom is -0.492 e. The van der Waals surface area contributed by atoms with Gasteiger partial charge in [-0.1, -0.05) is 31.7 Å². The standard InChI is InChI=1S/C22H35N5O3/c1-15-9-18-7-5-6-8-20(18)30-14-17(3)24-11-16(2)25-13-21(28)27-19(12-23-4)22(29)26-10-15/h5-8,15,17,19,23-25H,2,9-14H2,1,3-4H3,(H,26,29)(H,27,28)/t15?,17-,19?/m0/s1. The Balaban J connectivity index is 2.12. The van der Waals surface area contributed by atoms with E-state index < -0.39 is 6.04 Å². The quantitative estimate of drug-likeness (QED) is 0.470. The predicted molar refractivity (Wildman–Crippen MR) is 118 cm³/mol. The molecule has 8 nitrogen and oxygen atoms in total. The summed E-state index contributed by atoms with van der Waals surface area (Å²) in [5.74, 6) is 0.613. The van der Waals surface area contributed by atoms with Crippen molar-refractivity contribution in [2.24, 2.45) is 5.92 Å². The van der Waals surface area contributed by atoms with Crippen molar-refractivity contribution in [3.8, 4) is 5.75 Å². The number of carbonyl (C=O) groups is 2. The van der Waals surface area contributed by atoms with Gasteiger partial charge in [-0.05, 0) is 37.9 Å². The Kier molecular flexibility index (Phi) is 9.63. The van der Waals surface area contributed by atoms with Crippen LogP contribution in [0.2, 0.25) is 0 Å². The van der Waals surface area contributed by atoms with Crippen LogP contribution in [-0.2, 0) is 16.0 Å². The Hall–Kier alpha value is -2.58. The average Bonchev–Trinajstić information content (AvgIpc) is 2.73. The van der Waals surface area contributed by atoms with Crippen LogP contribution < -0.4 is 31.3 Å². The molecule has 3 atom stereocenters. The third-order valence-electron chi connectivity index (χ3n) is 4.88. The van der Waals surface area contributed by atoms with Gasteiger partial charge in [0.15, 0.2) is 0 Å². The predicted octanol–water partition coefficient (Wildman–Crippen LogP) is 0.159. The molecule has 2 rings (SSSR count). The number of hydrogen-bond donors (Lipinski definition) is 5. The van der Waals surface area contributed by atoms with Crippen molar-refractivity contribution >= 4 is 11.8 Å². The summed E-state index contributed by atoms with van der Waals surface area (Å²) in [7, 11) is 1.75. The van der Waals surface area contributed by atoms with Gasteiger partial charge in [-0.25, -0.2) is 0 Å². The van der Waals surface area contributed by atoms with Gasteiger partial charge in [-0.3, -0.25) is 9.59 Å². The number of amides is 2. The fourth-order valence-corrected chi connectivity index (χ4v) is 3.16. The van der Waals surface area contributed by atoms with Crippen molar-refractivity contribution in [3.63, 3.8) is 0 Å². The summed E-state index contributed by atoms with van der Waals surface area (Å²) in [5.41, 5.74) is 1.81. The maximum atomic E-state index is 12.6. The van der Waals surface area contributed by atoms with Crippen molar-refractivity contribution in [3.05, 3.63) is 42.1 Å². The molecule has 2 unspecified atom stereocenters. The Morgan fingerprint density at radius 3 is 2.70 bits per heavy atom. The lowest BCUT2D eigenvalue weighted by Gasteiger charge is -2.22. The molecule has 5 N–H and O–H groups in total. The van der Waals surface area contributed by atoms with Crippen molar-refractivity contribution in [1.29, 1.82) is 0 Å². The zero-order chi connectivity index (χ0) is 21.9. The van der Waals surface area contributed by atoms with Gasteiger partial charge in [0.25, 0.3) is 0 Å². The number of rotatable bonds is 2. The Labute approximate surface area is 179 Å². The molecule has 0 aromatic heterocycles. The first-order chi connectivity index (χ1) is 14.4. The molecule has 1 aromatic carbocycles. The van der Waals surface area contributed by atoms with E-state index in [4.69, 9.17) is 4.74 Å². The van der Waals surface area contributed by atoms with Gasteiger partial charge in [0.2, 0.25) is 11.8 Å². The molecule has 0 saturated heterocycles. The number of likely N-dealkylation sites (N-methyl/N-ethyl adjacent to an activating group) is 1. The van der Waals surface area contributed by atoms with Crippen molar-refractivity contribution in [2.45, 2.75) is 32.4 Å². The molecule has 1 aliphatic heterocycles. The highest BCUT2D eigenvalue weighted by molar-refractivity contribution is 5.88. The molecular formula is C22H35N5O3. The number of hydrogen-bond acceptors (Lipinski definition) is 6. The number of carbonyl (C=O) groups excluding carboxylic acids is 2. The number of benzene rings is 1. The van der Waals surface area contributed by atoms with E-state index in [1.165, 1.54) is 0 Å². The van der Waals surface area contributed by atoms with E-state index >= 15 is 0 Å². The van der Waals surface area contributed by atoms with Crippen LogP contribution in [0.25, 0.3) is 0 Å². The van der Waals surface area contributed by atoms with Crippen molar-refractivity contribution in [2.75, 3.05) is 39.8 Å². The second-order valence-electron chi connectivity index (χ2n) is 7.89. The van der Waals surface area contributed by atoms with E-state index in [2.05, 4.69) is 46.2 Å². The van der Waals surface area contributed by atoms with Crippen LogP contribution in [0.4, 0.5) is 0 Å². The molecule has 1 heterocycles. The smallest absolute Gasteiger partial charge is 0.243 e. The highest BCUT2D eigenvalue weighted by Gasteiger charge is 2.21. The third-order valence-corrected chi connectivity index (χ3v) is 4.88. The first-order valence-corrected chi connectivity index (χ1v) is 10.5. The second-order valence-corrected chi connectivity index (χ2v) is 7.89. The minimum absolute atomic E-state index is 0.0582. The first-order valence-electron chi connectivity index (χ1n) is 10.5. The second kappa shape index (κ2) is 12.2. The first kappa shape index (κ1) is 23.7. The Morgan fingerprint density at radius 1 is 1.17 bits per heavy atom. The van der Waals surface area contributed by atoms with Gasteiger partial charge >= 0.3 is 0 Å². The monoisotopic (exact) mass is 417 g/mol. The summed E-state index contributed by atoms with van der Waals surface area (Å²) < 4.78 is 6.04. The number of fused-ring (bicyclic) bond motifs is 1. The topological polar surface area (TPSA) is 104 Å². The highest BCUT2D eigenvalue weighted by atomic mass is 16.5. The Morgan fingerprint density at radius 2 is 1.93 bits per heavy atom.